The fourth-order valence-electron chi connectivity index (χ4n) is 1.22. The van der Waals surface area contributed by atoms with Crippen molar-refractivity contribution >= 4 is 17.6 Å². The number of amides is 1. The normalized spacial score (nSPS) is 10.1. The number of hydrogen-bond donors (Lipinski definition) is 1. The summed E-state index contributed by atoms with van der Waals surface area (Å²) >= 11 is 0. The maximum Gasteiger partial charge on any atom is 0.330 e. The minimum absolute atomic E-state index is 0.319. The summed E-state index contributed by atoms with van der Waals surface area (Å²) in [5.74, 6) is -0.307. The van der Waals surface area contributed by atoms with Crippen LogP contribution in [0.3, 0.4) is 0 Å². The molecule has 1 aromatic carbocycles. The van der Waals surface area contributed by atoms with E-state index in [1.54, 1.807) is 44.4 Å². The molecule has 96 valence electrons. The molecular weight excluding hydrogens is 234 g/mol. The highest BCUT2D eigenvalue weighted by atomic mass is 16.5. The monoisotopic (exact) mass is 249 g/mol. The van der Waals surface area contributed by atoms with E-state index in [0.717, 1.165) is 0 Å². The molecule has 0 saturated heterocycles. The number of hydrogen-bond acceptors (Lipinski definition) is 4. The summed E-state index contributed by atoms with van der Waals surface area (Å²) in [5.41, 5.74) is 0.585. The maximum absolute atomic E-state index is 11.5. The first-order chi connectivity index (χ1) is 8.65. The average Bonchev–Trinajstić information content (AvgIpc) is 2.37. The highest BCUT2D eigenvalue weighted by Crippen LogP contribution is 2.16. The predicted molar refractivity (Wildman–Crippen MR) is 67.4 cm³/mol. The second-order valence-corrected chi connectivity index (χ2v) is 3.39. The van der Waals surface area contributed by atoms with Crippen molar-refractivity contribution in [3.8, 4) is 5.75 Å². The number of rotatable bonds is 5. The van der Waals surface area contributed by atoms with Crippen LogP contribution in [0.15, 0.2) is 36.4 Å². The molecule has 5 heteroatoms. The van der Waals surface area contributed by atoms with Gasteiger partial charge >= 0.3 is 5.97 Å². The number of allylic oxidation sites excluding steroid dienone is 1. The van der Waals surface area contributed by atoms with Crippen LogP contribution in [0.2, 0.25) is 0 Å². The standard InChI is InChI=1S/C13H15NO4/c1-3-5-13(16)18-9-12(15)14-10-6-4-7-11(8-10)17-2/h3-8H,9H2,1-2H3,(H,14,15)/b5-3+. The van der Waals surface area contributed by atoms with Gasteiger partial charge in [0.15, 0.2) is 6.61 Å². The van der Waals surface area contributed by atoms with Crippen molar-refractivity contribution in [3.63, 3.8) is 0 Å². The van der Waals surface area contributed by atoms with Crippen LogP contribution in [0.25, 0.3) is 0 Å². The number of ether oxygens (including phenoxy) is 2. The van der Waals surface area contributed by atoms with E-state index >= 15 is 0 Å². The number of carbonyl (C=O) groups is 2. The fraction of sp³-hybridized carbons (Fsp3) is 0.231. The molecule has 0 aliphatic rings. The Morgan fingerprint density at radius 3 is 2.83 bits per heavy atom. The molecular formula is C13H15NO4. The zero-order valence-electron chi connectivity index (χ0n) is 10.3. The smallest absolute Gasteiger partial charge is 0.330 e. The molecule has 0 atom stereocenters. The van der Waals surface area contributed by atoms with Gasteiger partial charge in [-0.2, -0.15) is 0 Å². The van der Waals surface area contributed by atoms with Gasteiger partial charge in [0.2, 0.25) is 0 Å². The Morgan fingerprint density at radius 2 is 2.17 bits per heavy atom. The van der Waals surface area contributed by atoms with Crippen LogP contribution in [0.4, 0.5) is 5.69 Å². The Labute approximate surface area is 105 Å². The molecule has 0 spiro atoms. The molecule has 1 amide bonds. The Kier molecular flexibility index (Phi) is 5.44. The topological polar surface area (TPSA) is 64.6 Å². The quantitative estimate of drug-likeness (QED) is 0.638. The Bertz CT molecular complexity index is 454. The molecule has 0 heterocycles. The van der Waals surface area contributed by atoms with E-state index < -0.39 is 11.9 Å². The van der Waals surface area contributed by atoms with Gasteiger partial charge in [-0.1, -0.05) is 12.1 Å². The molecule has 1 aromatic rings. The van der Waals surface area contributed by atoms with Crippen molar-refractivity contribution in [2.24, 2.45) is 0 Å². The van der Waals surface area contributed by atoms with Crippen molar-refractivity contribution in [2.75, 3.05) is 19.0 Å². The zero-order valence-corrected chi connectivity index (χ0v) is 10.3. The first-order valence-corrected chi connectivity index (χ1v) is 5.39. The van der Waals surface area contributed by atoms with E-state index in [-0.39, 0.29) is 6.61 Å². The first-order valence-electron chi connectivity index (χ1n) is 5.39. The van der Waals surface area contributed by atoms with Crippen molar-refractivity contribution in [3.05, 3.63) is 36.4 Å². The van der Waals surface area contributed by atoms with E-state index in [1.807, 2.05) is 0 Å². The van der Waals surface area contributed by atoms with E-state index in [2.05, 4.69) is 5.32 Å². The molecule has 0 aromatic heterocycles. The van der Waals surface area contributed by atoms with Crippen molar-refractivity contribution in [1.82, 2.24) is 0 Å². The summed E-state index contributed by atoms with van der Waals surface area (Å²) < 4.78 is 9.72. The molecule has 0 unspecified atom stereocenters. The third kappa shape index (κ3) is 4.69. The third-order valence-corrected chi connectivity index (χ3v) is 2.00. The van der Waals surface area contributed by atoms with Crippen LogP contribution in [-0.2, 0) is 14.3 Å². The van der Waals surface area contributed by atoms with Crippen molar-refractivity contribution in [2.45, 2.75) is 6.92 Å². The Hall–Kier alpha value is -2.30. The van der Waals surface area contributed by atoms with E-state index in [0.29, 0.717) is 11.4 Å². The fourth-order valence-corrected chi connectivity index (χ4v) is 1.22. The molecule has 0 saturated carbocycles. The molecule has 1 rings (SSSR count). The van der Waals surface area contributed by atoms with Gasteiger partial charge in [0.05, 0.1) is 7.11 Å². The summed E-state index contributed by atoms with van der Waals surface area (Å²) in [5, 5.41) is 2.59. The van der Waals surface area contributed by atoms with Gasteiger partial charge in [-0.25, -0.2) is 4.79 Å². The highest BCUT2D eigenvalue weighted by molar-refractivity contribution is 5.93. The first kappa shape index (κ1) is 13.8. The second kappa shape index (κ2) is 7.11. The second-order valence-electron chi connectivity index (χ2n) is 3.39. The highest BCUT2D eigenvalue weighted by Gasteiger charge is 2.05. The van der Waals surface area contributed by atoms with Crippen molar-refractivity contribution < 1.29 is 19.1 Å². The van der Waals surface area contributed by atoms with Crippen LogP contribution < -0.4 is 10.1 Å². The van der Waals surface area contributed by atoms with Crippen LogP contribution in [0.5, 0.6) is 5.75 Å². The molecule has 0 fully saturated rings. The third-order valence-electron chi connectivity index (χ3n) is 2.00. The molecule has 0 bridgehead atoms. The molecule has 0 aliphatic carbocycles. The lowest BCUT2D eigenvalue weighted by Crippen LogP contribution is -2.20. The zero-order chi connectivity index (χ0) is 13.4. The van der Waals surface area contributed by atoms with Crippen LogP contribution in [0, 0.1) is 0 Å². The number of carbonyl (C=O) groups excluding carboxylic acids is 2. The average molecular weight is 249 g/mol. The van der Waals surface area contributed by atoms with Gasteiger partial charge in [0, 0.05) is 17.8 Å². The molecule has 5 nitrogen and oxygen atoms in total. The summed E-state index contributed by atoms with van der Waals surface area (Å²) in [6.07, 6.45) is 2.79. The number of anilines is 1. The number of methoxy groups -OCH3 is 1. The molecule has 0 radical (unpaired) electrons. The molecule has 1 N–H and O–H groups in total. The number of nitrogens with one attached hydrogen (secondary N) is 1. The van der Waals surface area contributed by atoms with Crippen molar-refractivity contribution in [1.29, 1.82) is 0 Å². The maximum atomic E-state index is 11.5. The lowest BCUT2D eigenvalue weighted by Gasteiger charge is -2.06. The van der Waals surface area contributed by atoms with E-state index in [1.165, 1.54) is 6.08 Å². The van der Waals surface area contributed by atoms with Crippen LogP contribution >= 0.6 is 0 Å². The minimum atomic E-state index is -0.543. The summed E-state index contributed by atoms with van der Waals surface area (Å²) in [7, 11) is 1.54. The van der Waals surface area contributed by atoms with E-state index in [9.17, 15) is 9.59 Å². The predicted octanol–water partition coefficient (Wildman–Crippen LogP) is 1.75. The SMILES string of the molecule is C/C=C/C(=O)OCC(=O)Nc1cccc(OC)c1. The molecule has 0 aliphatic heterocycles. The van der Waals surface area contributed by atoms with Gasteiger partial charge in [-0.05, 0) is 19.1 Å². The van der Waals surface area contributed by atoms with Crippen LogP contribution in [0.1, 0.15) is 6.92 Å². The largest absolute Gasteiger partial charge is 0.497 e. The van der Waals surface area contributed by atoms with E-state index in [4.69, 9.17) is 9.47 Å². The van der Waals surface area contributed by atoms with Gasteiger partial charge < -0.3 is 14.8 Å². The van der Waals surface area contributed by atoms with Crippen LogP contribution in [-0.4, -0.2) is 25.6 Å². The Balaban J connectivity index is 2.46. The lowest BCUT2D eigenvalue weighted by atomic mass is 10.3. The summed E-state index contributed by atoms with van der Waals surface area (Å²) in [6.45, 7) is 1.37. The minimum Gasteiger partial charge on any atom is -0.497 e. The van der Waals surface area contributed by atoms with Gasteiger partial charge in [-0.3, -0.25) is 4.79 Å². The van der Waals surface area contributed by atoms with Gasteiger partial charge in [0.1, 0.15) is 5.75 Å². The molecule has 18 heavy (non-hydrogen) atoms. The summed E-state index contributed by atoms with van der Waals surface area (Å²) in [4.78, 5) is 22.5. The number of benzene rings is 1. The van der Waals surface area contributed by atoms with Gasteiger partial charge in [-0.15, -0.1) is 0 Å². The summed E-state index contributed by atoms with van der Waals surface area (Å²) in [6, 6.07) is 6.90. The van der Waals surface area contributed by atoms with Gasteiger partial charge in [0.25, 0.3) is 5.91 Å². The lowest BCUT2D eigenvalue weighted by molar-refractivity contribution is -0.142. The Morgan fingerprint density at radius 1 is 1.39 bits per heavy atom. The number of esters is 1.